The van der Waals surface area contributed by atoms with E-state index in [0.717, 1.165) is 22.7 Å². The fourth-order valence-corrected chi connectivity index (χ4v) is 1.75. The van der Waals surface area contributed by atoms with Crippen LogP contribution in [0.3, 0.4) is 0 Å². The molecule has 1 N–H and O–H groups in total. The highest BCUT2D eigenvalue weighted by atomic mass is 35.5. The number of para-hydroxylation sites is 1. The number of H-pyrrole nitrogens is 1. The zero-order chi connectivity index (χ0) is 10.8. The lowest BCUT2D eigenvalue weighted by molar-refractivity contribution is 0.416. The Morgan fingerprint density at radius 1 is 1.33 bits per heavy atom. The quantitative estimate of drug-likeness (QED) is 0.848. The van der Waals surface area contributed by atoms with Crippen LogP contribution in [0.15, 0.2) is 24.3 Å². The van der Waals surface area contributed by atoms with Crippen molar-refractivity contribution in [3.63, 3.8) is 0 Å². The molecule has 0 aliphatic heterocycles. The third kappa shape index (κ3) is 1.83. The molecule has 0 amide bonds. The van der Waals surface area contributed by atoms with Gasteiger partial charge >= 0.3 is 0 Å². The molecule has 0 saturated heterocycles. The van der Waals surface area contributed by atoms with Gasteiger partial charge in [-0.1, -0.05) is 12.1 Å². The molecule has 0 bridgehead atoms. The van der Waals surface area contributed by atoms with Crippen molar-refractivity contribution in [3.8, 4) is 17.0 Å². The molecule has 0 aliphatic carbocycles. The maximum atomic E-state index is 5.80. The lowest BCUT2D eigenvalue weighted by Gasteiger charge is -2.05. The molecule has 1 aromatic heterocycles. The number of halogens is 1. The molecule has 0 atom stereocenters. The molecule has 0 radical (unpaired) electrons. The fraction of sp³-hybridized carbons (Fsp3) is 0.182. The van der Waals surface area contributed by atoms with E-state index in [1.54, 1.807) is 7.11 Å². The minimum absolute atomic E-state index is 0.397. The van der Waals surface area contributed by atoms with Crippen LogP contribution < -0.4 is 4.74 Å². The predicted octanol–water partition coefficient (Wildman–Crippen LogP) is 3.05. The van der Waals surface area contributed by atoms with Gasteiger partial charge in [-0.3, -0.25) is 0 Å². The number of aromatic amines is 1. The summed E-state index contributed by atoms with van der Waals surface area (Å²) in [4.78, 5) is 7.18. The van der Waals surface area contributed by atoms with Crippen LogP contribution >= 0.6 is 11.6 Å². The molecular weight excluding hydrogens is 212 g/mol. The molecule has 2 aromatic rings. The highest BCUT2D eigenvalue weighted by Crippen LogP contribution is 2.30. The van der Waals surface area contributed by atoms with E-state index in [1.165, 1.54) is 0 Å². The Balaban J connectivity index is 2.58. The summed E-state index contributed by atoms with van der Waals surface area (Å²) in [6.07, 6.45) is 0. The van der Waals surface area contributed by atoms with E-state index in [-0.39, 0.29) is 0 Å². The van der Waals surface area contributed by atoms with Crippen LogP contribution in [0.2, 0.25) is 5.28 Å². The number of imidazole rings is 1. The highest BCUT2D eigenvalue weighted by molar-refractivity contribution is 6.28. The van der Waals surface area contributed by atoms with Crippen molar-refractivity contribution in [2.75, 3.05) is 7.11 Å². The number of hydrogen-bond acceptors (Lipinski definition) is 2. The van der Waals surface area contributed by atoms with Crippen molar-refractivity contribution >= 4 is 11.6 Å². The molecule has 78 valence electrons. The van der Waals surface area contributed by atoms with E-state index >= 15 is 0 Å². The summed E-state index contributed by atoms with van der Waals surface area (Å²) >= 11 is 5.80. The molecule has 0 fully saturated rings. The highest BCUT2D eigenvalue weighted by Gasteiger charge is 2.11. The molecule has 3 nitrogen and oxygen atoms in total. The second-order valence-electron chi connectivity index (χ2n) is 3.20. The normalized spacial score (nSPS) is 10.3. The van der Waals surface area contributed by atoms with Crippen molar-refractivity contribution in [3.05, 3.63) is 35.2 Å². The van der Waals surface area contributed by atoms with Crippen molar-refractivity contribution in [1.29, 1.82) is 0 Å². The maximum absolute atomic E-state index is 5.80. The van der Waals surface area contributed by atoms with Gasteiger partial charge in [0.15, 0.2) is 0 Å². The van der Waals surface area contributed by atoms with Crippen molar-refractivity contribution in [2.45, 2.75) is 6.92 Å². The number of ether oxygens (including phenoxy) is 1. The monoisotopic (exact) mass is 222 g/mol. The molecule has 0 aliphatic rings. The van der Waals surface area contributed by atoms with Gasteiger partial charge in [-0.25, -0.2) is 4.98 Å². The van der Waals surface area contributed by atoms with Gasteiger partial charge in [0.25, 0.3) is 0 Å². The van der Waals surface area contributed by atoms with Gasteiger partial charge in [0, 0.05) is 11.3 Å². The average Bonchev–Trinajstić information content (AvgIpc) is 2.57. The third-order valence-corrected chi connectivity index (χ3v) is 2.40. The van der Waals surface area contributed by atoms with Crippen LogP contribution in [0.5, 0.6) is 5.75 Å². The van der Waals surface area contributed by atoms with E-state index < -0.39 is 0 Å². The molecule has 0 saturated carbocycles. The van der Waals surface area contributed by atoms with Crippen LogP contribution in [0.25, 0.3) is 11.3 Å². The van der Waals surface area contributed by atoms with Gasteiger partial charge in [0.2, 0.25) is 5.28 Å². The molecule has 0 spiro atoms. The fourth-order valence-electron chi connectivity index (χ4n) is 1.53. The number of aryl methyl sites for hydroxylation is 1. The summed E-state index contributed by atoms with van der Waals surface area (Å²) in [5.74, 6) is 0.795. The number of nitrogens with one attached hydrogen (secondary N) is 1. The zero-order valence-corrected chi connectivity index (χ0v) is 9.30. The summed E-state index contributed by atoms with van der Waals surface area (Å²) in [5.41, 5.74) is 2.71. The van der Waals surface area contributed by atoms with Gasteiger partial charge in [-0.15, -0.1) is 0 Å². The molecule has 2 rings (SSSR count). The molecule has 0 unspecified atom stereocenters. The van der Waals surface area contributed by atoms with E-state index in [9.17, 15) is 0 Å². The van der Waals surface area contributed by atoms with E-state index in [4.69, 9.17) is 16.3 Å². The number of rotatable bonds is 2. The molecule has 1 heterocycles. The predicted molar refractivity (Wildman–Crippen MR) is 60.3 cm³/mol. The largest absolute Gasteiger partial charge is 0.496 e. The summed E-state index contributed by atoms with van der Waals surface area (Å²) < 4.78 is 5.27. The van der Waals surface area contributed by atoms with E-state index in [1.807, 2.05) is 31.2 Å². The Hall–Kier alpha value is -1.48. The topological polar surface area (TPSA) is 37.9 Å². The SMILES string of the molecule is COc1ccccc1-c1nc(Cl)[nH]c1C. The summed E-state index contributed by atoms with van der Waals surface area (Å²) in [7, 11) is 1.64. The van der Waals surface area contributed by atoms with Crippen molar-refractivity contribution < 1.29 is 4.74 Å². The first kappa shape index (κ1) is 10.1. The molecule has 1 aromatic carbocycles. The second kappa shape index (κ2) is 3.95. The van der Waals surface area contributed by atoms with E-state index in [2.05, 4.69) is 9.97 Å². The summed E-state index contributed by atoms with van der Waals surface area (Å²) in [6, 6.07) is 7.72. The molecular formula is C11H11ClN2O. The Labute approximate surface area is 93.1 Å². The Kier molecular flexibility index (Phi) is 2.64. The number of aromatic nitrogens is 2. The van der Waals surface area contributed by atoms with Crippen LogP contribution in [0.4, 0.5) is 0 Å². The zero-order valence-electron chi connectivity index (χ0n) is 8.54. The van der Waals surface area contributed by atoms with Gasteiger partial charge in [-0.05, 0) is 30.7 Å². The van der Waals surface area contributed by atoms with Crippen LogP contribution in [-0.2, 0) is 0 Å². The summed E-state index contributed by atoms with van der Waals surface area (Å²) in [5, 5.41) is 0.397. The van der Waals surface area contributed by atoms with Gasteiger partial charge in [0.05, 0.1) is 12.8 Å². The lowest BCUT2D eigenvalue weighted by atomic mass is 10.1. The first-order valence-electron chi connectivity index (χ1n) is 4.58. The molecule has 4 heteroatoms. The smallest absolute Gasteiger partial charge is 0.200 e. The minimum atomic E-state index is 0.397. The lowest BCUT2D eigenvalue weighted by Crippen LogP contribution is -1.88. The van der Waals surface area contributed by atoms with Crippen LogP contribution in [0.1, 0.15) is 5.69 Å². The van der Waals surface area contributed by atoms with Gasteiger partial charge < -0.3 is 9.72 Å². The first-order valence-corrected chi connectivity index (χ1v) is 4.95. The Morgan fingerprint density at radius 2 is 2.07 bits per heavy atom. The standard InChI is InChI=1S/C11H11ClN2O/c1-7-10(14-11(12)13-7)8-5-3-4-6-9(8)15-2/h3-6H,1-2H3,(H,13,14). The van der Waals surface area contributed by atoms with Gasteiger partial charge in [0.1, 0.15) is 5.75 Å². The maximum Gasteiger partial charge on any atom is 0.200 e. The van der Waals surface area contributed by atoms with Gasteiger partial charge in [-0.2, -0.15) is 0 Å². The minimum Gasteiger partial charge on any atom is -0.496 e. The van der Waals surface area contributed by atoms with Crippen LogP contribution in [0, 0.1) is 6.92 Å². The third-order valence-electron chi connectivity index (χ3n) is 2.22. The summed E-state index contributed by atoms with van der Waals surface area (Å²) in [6.45, 7) is 1.93. The van der Waals surface area contributed by atoms with Crippen molar-refractivity contribution in [1.82, 2.24) is 9.97 Å². The Bertz CT molecular complexity index is 479. The van der Waals surface area contributed by atoms with Crippen LogP contribution in [-0.4, -0.2) is 17.1 Å². The Morgan fingerprint density at radius 3 is 2.67 bits per heavy atom. The van der Waals surface area contributed by atoms with Crippen molar-refractivity contribution in [2.24, 2.45) is 0 Å². The first-order chi connectivity index (χ1) is 7.22. The molecule has 15 heavy (non-hydrogen) atoms. The average molecular weight is 223 g/mol. The number of benzene rings is 1. The number of methoxy groups -OCH3 is 1. The number of hydrogen-bond donors (Lipinski definition) is 1. The number of nitrogens with zero attached hydrogens (tertiary/aromatic N) is 1. The van der Waals surface area contributed by atoms with E-state index in [0.29, 0.717) is 5.28 Å². The second-order valence-corrected chi connectivity index (χ2v) is 3.56.